The van der Waals surface area contributed by atoms with Crippen LogP contribution in [0.2, 0.25) is 0 Å². The molecule has 178 valence electrons. The number of piperidine rings is 1. The minimum Gasteiger partial charge on any atom is -0.497 e. The summed E-state index contributed by atoms with van der Waals surface area (Å²) in [6, 6.07) is 23.2. The number of hydrogen-bond acceptors (Lipinski definition) is 6. The Labute approximate surface area is 205 Å². The van der Waals surface area contributed by atoms with E-state index in [1.165, 1.54) is 0 Å². The molecule has 3 aromatic rings. The maximum Gasteiger partial charge on any atom is 0.262 e. The lowest BCUT2D eigenvalue weighted by atomic mass is 9.89. The third kappa shape index (κ3) is 4.29. The normalized spacial score (nSPS) is 16.8. The van der Waals surface area contributed by atoms with Crippen LogP contribution in [0.25, 0.3) is 0 Å². The van der Waals surface area contributed by atoms with Crippen LogP contribution in [0.1, 0.15) is 34.3 Å². The molecule has 1 amide bonds. The van der Waals surface area contributed by atoms with Gasteiger partial charge in [-0.25, -0.2) is 0 Å². The molecule has 3 aromatic carbocycles. The van der Waals surface area contributed by atoms with Gasteiger partial charge in [-0.05, 0) is 54.1 Å². The van der Waals surface area contributed by atoms with E-state index < -0.39 is 5.66 Å². The smallest absolute Gasteiger partial charge is 0.262 e. The molecule has 0 radical (unpaired) electrons. The van der Waals surface area contributed by atoms with E-state index in [1.807, 2.05) is 65.6 Å². The Bertz CT molecular complexity index is 1270. The highest BCUT2D eigenvalue weighted by molar-refractivity contribution is 6.13. The fourth-order valence-electron chi connectivity index (χ4n) is 5.08. The molecule has 2 aliphatic heterocycles. The lowest BCUT2D eigenvalue weighted by molar-refractivity contribution is 0.0904. The molecule has 2 aliphatic rings. The molecule has 5 rings (SSSR count). The van der Waals surface area contributed by atoms with Crippen molar-refractivity contribution in [3.8, 4) is 17.6 Å². The van der Waals surface area contributed by atoms with Gasteiger partial charge in [0, 0.05) is 44.2 Å². The van der Waals surface area contributed by atoms with Crippen LogP contribution in [-0.2, 0) is 6.54 Å². The minimum atomic E-state index is -0.559. The number of nitrogens with one attached hydrogen (secondary N) is 1. The van der Waals surface area contributed by atoms with Crippen LogP contribution in [0.3, 0.4) is 0 Å². The molecule has 35 heavy (non-hydrogen) atoms. The second kappa shape index (κ2) is 9.32. The Morgan fingerprint density at radius 1 is 0.971 bits per heavy atom. The molecule has 0 unspecified atom stereocenters. The van der Waals surface area contributed by atoms with E-state index in [0.29, 0.717) is 16.9 Å². The molecule has 7 nitrogen and oxygen atoms in total. The number of carbonyl (C=O) groups is 1. The zero-order chi connectivity index (χ0) is 24.4. The fourth-order valence-corrected chi connectivity index (χ4v) is 5.08. The Morgan fingerprint density at radius 2 is 1.69 bits per heavy atom. The van der Waals surface area contributed by atoms with E-state index >= 15 is 0 Å². The molecule has 0 saturated carbocycles. The van der Waals surface area contributed by atoms with Gasteiger partial charge in [-0.1, -0.05) is 12.1 Å². The number of fused-ring (bicyclic) bond motifs is 1. The molecule has 2 heterocycles. The summed E-state index contributed by atoms with van der Waals surface area (Å²) in [5.41, 5.74) is 3.49. The van der Waals surface area contributed by atoms with Crippen molar-refractivity contribution in [2.45, 2.75) is 25.0 Å². The van der Waals surface area contributed by atoms with Gasteiger partial charge in [0.25, 0.3) is 5.91 Å². The highest BCUT2D eigenvalue weighted by Gasteiger charge is 2.47. The van der Waals surface area contributed by atoms with Crippen LogP contribution in [0.5, 0.6) is 11.5 Å². The topological polar surface area (TPSA) is 77.8 Å². The molecule has 1 saturated heterocycles. The monoisotopic (exact) mass is 468 g/mol. The third-order valence-corrected chi connectivity index (χ3v) is 6.93. The molecule has 0 aliphatic carbocycles. The van der Waals surface area contributed by atoms with Gasteiger partial charge in [-0.3, -0.25) is 14.6 Å². The number of amides is 1. The van der Waals surface area contributed by atoms with Crippen LogP contribution >= 0.6 is 0 Å². The van der Waals surface area contributed by atoms with Gasteiger partial charge >= 0.3 is 0 Å². The van der Waals surface area contributed by atoms with Gasteiger partial charge in [0.2, 0.25) is 0 Å². The van der Waals surface area contributed by atoms with E-state index in [1.54, 1.807) is 14.2 Å². The largest absolute Gasteiger partial charge is 0.497 e. The number of carbonyl (C=O) groups excluding carboxylic acids is 1. The van der Waals surface area contributed by atoms with Crippen LogP contribution in [0.15, 0.2) is 66.7 Å². The van der Waals surface area contributed by atoms with Crippen molar-refractivity contribution in [1.29, 1.82) is 5.26 Å². The first-order valence-electron chi connectivity index (χ1n) is 11.7. The Morgan fingerprint density at radius 3 is 2.37 bits per heavy atom. The summed E-state index contributed by atoms with van der Waals surface area (Å²) < 4.78 is 10.8. The first kappa shape index (κ1) is 22.8. The summed E-state index contributed by atoms with van der Waals surface area (Å²) >= 11 is 0. The van der Waals surface area contributed by atoms with Crippen LogP contribution in [-0.4, -0.2) is 43.8 Å². The number of hydrogen-bond donors (Lipinski definition) is 1. The summed E-state index contributed by atoms with van der Waals surface area (Å²) in [5.74, 6) is 1.44. The SMILES string of the molecule is COc1ccc(N2C(=O)c3ccc(OC)cc3NC23CCN(Cc2cccc(C#N)c2)CC3)cc1. The predicted octanol–water partition coefficient (Wildman–Crippen LogP) is 4.64. The zero-order valence-corrected chi connectivity index (χ0v) is 20.0. The van der Waals surface area contributed by atoms with Crippen LogP contribution in [0.4, 0.5) is 11.4 Å². The molecular weight excluding hydrogens is 440 g/mol. The summed E-state index contributed by atoms with van der Waals surface area (Å²) in [5, 5.41) is 12.9. The summed E-state index contributed by atoms with van der Waals surface area (Å²) in [4.78, 5) is 18.1. The Balaban J connectivity index is 1.45. The van der Waals surface area contributed by atoms with Crippen LogP contribution < -0.4 is 19.7 Å². The van der Waals surface area contributed by atoms with Gasteiger partial charge in [-0.15, -0.1) is 0 Å². The number of ether oxygens (including phenoxy) is 2. The summed E-state index contributed by atoms with van der Waals surface area (Å²) in [6.07, 6.45) is 1.50. The molecule has 0 bridgehead atoms. The molecule has 1 fully saturated rings. The number of nitrogens with zero attached hydrogens (tertiary/aromatic N) is 3. The number of rotatable bonds is 5. The van der Waals surface area contributed by atoms with Gasteiger partial charge in [0.05, 0.1) is 37.1 Å². The molecule has 1 N–H and O–H groups in total. The minimum absolute atomic E-state index is 0.0262. The lowest BCUT2D eigenvalue weighted by Gasteiger charge is -2.52. The van der Waals surface area contributed by atoms with Crippen molar-refractivity contribution in [1.82, 2.24) is 4.90 Å². The standard InChI is InChI=1S/C28H28N4O3/c1-34-23-8-6-22(7-9-23)32-27(33)25-11-10-24(35-2)17-26(25)30-28(32)12-14-31(15-13-28)19-21-5-3-4-20(16-21)18-29/h3-11,16-17,30H,12-15,19H2,1-2H3. The maximum absolute atomic E-state index is 13.9. The number of nitriles is 1. The van der Waals surface area contributed by atoms with Crippen molar-refractivity contribution < 1.29 is 14.3 Å². The summed E-state index contributed by atoms with van der Waals surface area (Å²) in [7, 11) is 3.27. The van der Waals surface area contributed by atoms with E-state index in [0.717, 1.165) is 55.2 Å². The number of benzene rings is 3. The van der Waals surface area contributed by atoms with Crippen molar-refractivity contribution in [3.05, 3.63) is 83.4 Å². The summed E-state index contributed by atoms with van der Waals surface area (Å²) in [6.45, 7) is 2.39. The highest BCUT2D eigenvalue weighted by atomic mass is 16.5. The van der Waals surface area contributed by atoms with E-state index in [4.69, 9.17) is 9.47 Å². The quantitative estimate of drug-likeness (QED) is 0.588. The third-order valence-electron chi connectivity index (χ3n) is 6.93. The van der Waals surface area contributed by atoms with Crippen molar-refractivity contribution in [3.63, 3.8) is 0 Å². The van der Waals surface area contributed by atoms with Crippen molar-refractivity contribution in [2.75, 3.05) is 37.5 Å². The predicted molar refractivity (Wildman–Crippen MR) is 135 cm³/mol. The average Bonchev–Trinajstić information content (AvgIpc) is 2.90. The van der Waals surface area contributed by atoms with Crippen LogP contribution in [0, 0.1) is 11.3 Å². The Kier molecular flexibility index (Phi) is 6.06. The second-order valence-corrected chi connectivity index (χ2v) is 9.00. The molecular formula is C28H28N4O3. The van der Waals surface area contributed by atoms with Gasteiger partial charge in [0.1, 0.15) is 17.2 Å². The maximum atomic E-state index is 13.9. The van der Waals surface area contributed by atoms with E-state index in [9.17, 15) is 10.1 Å². The molecule has 0 atom stereocenters. The second-order valence-electron chi connectivity index (χ2n) is 9.00. The van der Waals surface area contributed by atoms with Gasteiger partial charge < -0.3 is 14.8 Å². The van der Waals surface area contributed by atoms with Gasteiger partial charge in [-0.2, -0.15) is 5.26 Å². The lowest BCUT2D eigenvalue weighted by Crippen LogP contribution is -2.64. The van der Waals surface area contributed by atoms with Crippen molar-refractivity contribution in [2.24, 2.45) is 0 Å². The number of likely N-dealkylation sites (tertiary alicyclic amines) is 1. The van der Waals surface area contributed by atoms with E-state index in [-0.39, 0.29) is 5.91 Å². The van der Waals surface area contributed by atoms with E-state index in [2.05, 4.69) is 22.4 Å². The van der Waals surface area contributed by atoms with Crippen molar-refractivity contribution >= 4 is 17.3 Å². The molecule has 1 spiro atoms. The number of methoxy groups -OCH3 is 2. The zero-order valence-electron chi connectivity index (χ0n) is 20.0. The average molecular weight is 469 g/mol. The first-order valence-corrected chi connectivity index (χ1v) is 11.7. The fraction of sp³-hybridized carbons (Fsp3) is 0.286. The Hall–Kier alpha value is -4.02. The molecule has 0 aromatic heterocycles. The first-order chi connectivity index (χ1) is 17.0. The van der Waals surface area contributed by atoms with Gasteiger partial charge in [0.15, 0.2) is 0 Å². The highest BCUT2D eigenvalue weighted by Crippen LogP contribution is 2.42. The molecule has 7 heteroatoms. The number of anilines is 2.